The van der Waals surface area contributed by atoms with Gasteiger partial charge in [0.15, 0.2) is 0 Å². The molecule has 0 spiro atoms. The summed E-state index contributed by atoms with van der Waals surface area (Å²) in [6.07, 6.45) is 5.73. The molecule has 1 N–H and O–H groups in total. The smallest absolute Gasteiger partial charge is 0.324 e. The Bertz CT molecular complexity index is 1370. The number of imidazole rings is 1. The summed E-state index contributed by atoms with van der Waals surface area (Å²) >= 11 is 0. The first-order valence-electron chi connectivity index (χ1n) is 11.8. The van der Waals surface area contributed by atoms with Crippen molar-refractivity contribution in [2.75, 3.05) is 23.3 Å². The number of amides is 2. The number of carbonyl (C=O) groups is 1. The van der Waals surface area contributed by atoms with Crippen molar-refractivity contribution in [1.29, 1.82) is 0 Å². The highest BCUT2D eigenvalue weighted by molar-refractivity contribution is 5.98. The molecular formula is C26H27N7O. The molecule has 0 radical (unpaired) electrons. The number of anilines is 2. The third kappa shape index (κ3) is 3.46. The molecule has 4 aromatic rings. The SMILES string of the molecule is Cc1cc2c(cc1N1CC3CCCN3C1=O)ncn2-c1ccnc(NC(C)c2ccccc2)n1. The number of aryl methyl sites for hydroxylation is 1. The molecule has 4 heterocycles. The molecule has 2 aliphatic rings. The van der Waals surface area contributed by atoms with Gasteiger partial charge in [-0.15, -0.1) is 0 Å². The molecule has 2 fully saturated rings. The molecule has 2 unspecified atom stereocenters. The molecule has 2 aliphatic heterocycles. The summed E-state index contributed by atoms with van der Waals surface area (Å²) in [5.41, 5.74) is 4.96. The quantitative estimate of drug-likeness (QED) is 0.474. The molecule has 2 atom stereocenters. The second kappa shape index (κ2) is 8.13. The van der Waals surface area contributed by atoms with Crippen molar-refractivity contribution in [3.05, 3.63) is 72.2 Å². The van der Waals surface area contributed by atoms with E-state index < -0.39 is 0 Å². The fourth-order valence-corrected chi connectivity index (χ4v) is 5.12. The number of hydrogen-bond acceptors (Lipinski definition) is 5. The van der Waals surface area contributed by atoms with Crippen LogP contribution in [0.15, 0.2) is 61.1 Å². The van der Waals surface area contributed by atoms with Crippen LogP contribution >= 0.6 is 0 Å². The Kier molecular flexibility index (Phi) is 4.94. The minimum Gasteiger partial charge on any atom is -0.348 e. The van der Waals surface area contributed by atoms with Gasteiger partial charge in [0.25, 0.3) is 0 Å². The molecule has 34 heavy (non-hydrogen) atoms. The van der Waals surface area contributed by atoms with Crippen molar-refractivity contribution in [2.45, 2.75) is 38.8 Å². The Hall–Kier alpha value is -3.94. The number of benzene rings is 2. The van der Waals surface area contributed by atoms with E-state index in [-0.39, 0.29) is 12.1 Å². The van der Waals surface area contributed by atoms with Crippen molar-refractivity contribution in [3.8, 4) is 5.82 Å². The fourth-order valence-electron chi connectivity index (χ4n) is 5.12. The van der Waals surface area contributed by atoms with Gasteiger partial charge in [0.1, 0.15) is 12.1 Å². The molecule has 8 heteroatoms. The monoisotopic (exact) mass is 453 g/mol. The van der Waals surface area contributed by atoms with Crippen molar-refractivity contribution < 1.29 is 4.79 Å². The van der Waals surface area contributed by atoms with Gasteiger partial charge in [-0.3, -0.25) is 9.47 Å². The van der Waals surface area contributed by atoms with Crippen LogP contribution in [-0.2, 0) is 0 Å². The summed E-state index contributed by atoms with van der Waals surface area (Å²) in [5.74, 6) is 1.30. The van der Waals surface area contributed by atoms with E-state index in [1.165, 1.54) is 5.56 Å². The van der Waals surface area contributed by atoms with E-state index in [0.29, 0.717) is 12.0 Å². The van der Waals surface area contributed by atoms with Crippen LogP contribution in [0.25, 0.3) is 16.9 Å². The Morgan fingerprint density at radius 2 is 1.97 bits per heavy atom. The molecule has 8 nitrogen and oxygen atoms in total. The van der Waals surface area contributed by atoms with E-state index in [0.717, 1.165) is 54.0 Å². The van der Waals surface area contributed by atoms with Gasteiger partial charge in [-0.05, 0) is 56.0 Å². The first kappa shape index (κ1) is 20.7. The number of urea groups is 1. The van der Waals surface area contributed by atoms with Crippen molar-refractivity contribution in [3.63, 3.8) is 0 Å². The molecule has 0 aliphatic carbocycles. The van der Waals surface area contributed by atoms with Crippen molar-refractivity contribution in [1.82, 2.24) is 24.4 Å². The first-order valence-corrected chi connectivity index (χ1v) is 11.8. The lowest BCUT2D eigenvalue weighted by Crippen LogP contribution is -2.32. The van der Waals surface area contributed by atoms with Crippen LogP contribution in [0.3, 0.4) is 0 Å². The molecule has 6 rings (SSSR count). The minimum absolute atomic E-state index is 0.0778. The second-order valence-electron chi connectivity index (χ2n) is 9.14. The normalized spacial score (nSPS) is 18.5. The summed E-state index contributed by atoms with van der Waals surface area (Å²) in [6, 6.07) is 16.8. The molecule has 2 aromatic heterocycles. The first-order chi connectivity index (χ1) is 16.6. The van der Waals surface area contributed by atoms with Crippen LogP contribution in [0.4, 0.5) is 16.4 Å². The van der Waals surface area contributed by atoms with E-state index in [9.17, 15) is 4.79 Å². The van der Waals surface area contributed by atoms with Crippen LogP contribution in [0, 0.1) is 6.92 Å². The van der Waals surface area contributed by atoms with Gasteiger partial charge in [-0.25, -0.2) is 14.8 Å². The number of nitrogens with one attached hydrogen (secondary N) is 1. The van der Waals surface area contributed by atoms with E-state index in [2.05, 4.69) is 47.3 Å². The molecule has 0 bridgehead atoms. The number of rotatable bonds is 5. The minimum atomic E-state index is 0.0778. The molecule has 2 saturated heterocycles. The summed E-state index contributed by atoms with van der Waals surface area (Å²) in [4.78, 5) is 30.6. The highest BCUT2D eigenvalue weighted by Gasteiger charge is 2.41. The number of carbonyl (C=O) groups excluding carboxylic acids is 1. The van der Waals surface area contributed by atoms with Gasteiger partial charge in [-0.2, -0.15) is 4.98 Å². The lowest BCUT2D eigenvalue weighted by Gasteiger charge is -2.19. The molecular weight excluding hydrogens is 426 g/mol. The predicted molar refractivity (Wildman–Crippen MR) is 132 cm³/mol. The standard InChI is InChI=1S/C26H27N7O/c1-17-13-23-21(14-22(17)32-15-20-9-6-12-31(20)26(32)34)28-16-33(23)24-10-11-27-25(30-24)29-18(2)19-7-4-3-5-8-19/h3-5,7-8,10-11,13-14,16,18,20H,6,9,12,15H2,1-2H3,(H,27,29,30). The third-order valence-electron chi connectivity index (χ3n) is 6.94. The Morgan fingerprint density at radius 1 is 1.12 bits per heavy atom. The number of nitrogens with zero attached hydrogens (tertiary/aromatic N) is 6. The highest BCUT2D eigenvalue weighted by atomic mass is 16.2. The van der Waals surface area contributed by atoms with Crippen LogP contribution in [-0.4, -0.2) is 49.6 Å². The van der Waals surface area contributed by atoms with E-state index >= 15 is 0 Å². The molecule has 0 saturated carbocycles. The Balaban J connectivity index is 1.30. The summed E-state index contributed by atoms with van der Waals surface area (Å²) in [7, 11) is 0. The molecule has 2 amide bonds. The zero-order valence-electron chi connectivity index (χ0n) is 19.3. The zero-order valence-corrected chi connectivity index (χ0v) is 19.3. The van der Waals surface area contributed by atoms with E-state index in [1.807, 2.05) is 44.7 Å². The zero-order chi connectivity index (χ0) is 23.2. The van der Waals surface area contributed by atoms with Gasteiger partial charge in [0.2, 0.25) is 5.95 Å². The molecule has 2 aromatic carbocycles. The van der Waals surface area contributed by atoms with Crippen LogP contribution in [0.2, 0.25) is 0 Å². The third-order valence-corrected chi connectivity index (χ3v) is 6.94. The van der Waals surface area contributed by atoms with Crippen LogP contribution < -0.4 is 10.2 Å². The lowest BCUT2D eigenvalue weighted by atomic mass is 10.1. The summed E-state index contributed by atoms with van der Waals surface area (Å²) < 4.78 is 1.97. The van der Waals surface area contributed by atoms with Crippen LogP contribution in [0.1, 0.15) is 36.9 Å². The molecule has 172 valence electrons. The van der Waals surface area contributed by atoms with Gasteiger partial charge in [-0.1, -0.05) is 30.3 Å². The summed E-state index contributed by atoms with van der Waals surface area (Å²) in [6.45, 7) is 5.76. The van der Waals surface area contributed by atoms with Gasteiger partial charge >= 0.3 is 6.03 Å². The second-order valence-corrected chi connectivity index (χ2v) is 9.14. The maximum absolute atomic E-state index is 12.9. The number of fused-ring (bicyclic) bond motifs is 2. The Labute approximate surface area is 198 Å². The number of aromatic nitrogens is 4. The lowest BCUT2D eigenvalue weighted by molar-refractivity contribution is 0.219. The van der Waals surface area contributed by atoms with Crippen molar-refractivity contribution in [2.24, 2.45) is 0 Å². The van der Waals surface area contributed by atoms with Gasteiger partial charge < -0.3 is 10.2 Å². The van der Waals surface area contributed by atoms with Crippen LogP contribution in [0.5, 0.6) is 0 Å². The fraction of sp³-hybridized carbons (Fsp3) is 0.308. The Morgan fingerprint density at radius 3 is 2.79 bits per heavy atom. The largest absolute Gasteiger partial charge is 0.348 e. The van der Waals surface area contributed by atoms with Crippen molar-refractivity contribution >= 4 is 28.7 Å². The predicted octanol–water partition coefficient (Wildman–Crippen LogP) is 4.70. The average molecular weight is 454 g/mol. The van der Waals surface area contributed by atoms with E-state index in [1.54, 1.807) is 12.5 Å². The van der Waals surface area contributed by atoms with Gasteiger partial charge in [0.05, 0.1) is 28.8 Å². The summed E-state index contributed by atoms with van der Waals surface area (Å²) in [5, 5.41) is 3.39. The van der Waals surface area contributed by atoms with Gasteiger partial charge in [0, 0.05) is 19.3 Å². The number of hydrogen-bond donors (Lipinski definition) is 1. The highest BCUT2D eigenvalue weighted by Crippen LogP contribution is 2.34. The average Bonchev–Trinajstić information content (AvgIpc) is 3.55. The maximum Gasteiger partial charge on any atom is 0.324 e. The maximum atomic E-state index is 12.9. The topological polar surface area (TPSA) is 79.2 Å². The van der Waals surface area contributed by atoms with E-state index in [4.69, 9.17) is 4.98 Å².